The van der Waals surface area contributed by atoms with Crippen molar-refractivity contribution in [3.05, 3.63) is 30.1 Å². The van der Waals surface area contributed by atoms with Gasteiger partial charge in [0.05, 0.1) is 18.3 Å². The number of nitrogens with zero attached hydrogens (tertiary/aromatic N) is 6. The zero-order valence-electron chi connectivity index (χ0n) is 15.5. The van der Waals surface area contributed by atoms with Crippen molar-refractivity contribution < 1.29 is 14.4 Å². The molecule has 1 aromatic carbocycles. The Labute approximate surface area is 160 Å². The van der Waals surface area contributed by atoms with Crippen LogP contribution in [0.4, 0.5) is 10.5 Å². The van der Waals surface area contributed by atoms with Gasteiger partial charge in [0.1, 0.15) is 6.04 Å². The lowest BCUT2D eigenvalue weighted by Crippen LogP contribution is -2.55. The molecule has 2 atom stereocenters. The van der Waals surface area contributed by atoms with Crippen molar-refractivity contribution in [2.75, 3.05) is 25.5 Å². The SMILES string of the molecule is Cc1nnnn1-c1ccc(NC(=O)N[C@@H]2C[C@H]3C(=O)N(C)CC(=O)N3C2)cc1. The molecule has 2 fully saturated rings. The van der Waals surface area contributed by atoms with Gasteiger partial charge in [-0.2, -0.15) is 4.68 Å². The number of likely N-dealkylation sites (N-methyl/N-ethyl adjacent to an activating group) is 1. The smallest absolute Gasteiger partial charge is 0.319 e. The first-order chi connectivity index (χ1) is 13.4. The first-order valence-corrected chi connectivity index (χ1v) is 8.90. The van der Waals surface area contributed by atoms with E-state index in [1.165, 1.54) is 4.90 Å². The normalized spacial score (nSPS) is 21.6. The van der Waals surface area contributed by atoms with Crippen LogP contribution in [0.1, 0.15) is 12.2 Å². The summed E-state index contributed by atoms with van der Waals surface area (Å²) in [5.41, 5.74) is 1.39. The van der Waals surface area contributed by atoms with Crippen LogP contribution in [0.15, 0.2) is 24.3 Å². The fraction of sp³-hybridized carbons (Fsp3) is 0.412. The molecule has 2 N–H and O–H groups in total. The van der Waals surface area contributed by atoms with E-state index in [4.69, 9.17) is 0 Å². The number of urea groups is 1. The van der Waals surface area contributed by atoms with E-state index in [0.29, 0.717) is 24.5 Å². The number of piperazine rings is 1. The summed E-state index contributed by atoms with van der Waals surface area (Å²) in [5, 5.41) is 16.9. The Balaban J connectivity index is 1.36. The van der Waals surface area contributed by atoms with Crippen LogP contribution in [0.5, 0.6) is 0 Å². The van der Waals surface area contributed by atoms with Gasteiger partial charge in [-0.3, -0.25) is 9.59 Å². The zero-order chi connectivity index (χ0) is 19.8. The number of amides is 4. The zero-order valence-corrected chi connectivity index (χ0v) is 15.5. The highest BCUT2D eigenvalue weighted by molar-refractivity contribution is 5.95. The summed E-state index contributed by atoms with van der Waals surface area (Å²) in [6.07, 6.45) is 0.417. The van der Waals surface area contributed by atoms with Crippen LogP contribution in [0.3, 0.4) is 0 Å². The summed E-state index contributed by atoms with van der Waals surface area (Å²) in [5.74, 6) is 0.481. The van der Waals surface area contributed by atoms with Gasteiger partial charge in [0.25, 0.3) is 0 Å². The van der Waals surface area contributed by atoms with Crippen LogP contribution in [-0.2, 0) is 9.59 Å². The number of fused-ring (bicyclic) bond motifs is 1. The van der Waals surface area contributed by atoms with E-state index in [9.17, 15) is 14.4 Å². The van der Waals surface area contributed by atoms with Crippen molar-refractivity contribution in [1.82, 2.24) is 35.3 Å². The van der Waals surface area contributed by atoms with Crippen LogP contribution in [0.2, 0.25) is 0 Å². The van der Waals surface area contributed by atoms with Crippen molar-refractivity contribution >= 4 is 23.5 Å². The summed E-state index contributed by atoms with van der Waals surface area (Å²) in [7, 11) is 1.62. The quantitative estimate of drug-likeness (QED) is 0.737. The Morgan fingerprint density at radius 2 is 1.96 bits per heavy atom. The number of anilines is 1. The minimum absolute atomic E-state index is 0.0847. The molecule has 2 aliphatic rings. The van der Waals surface area contributed by atoms with E-state index >= 15 is 0 Å². The molecule has 0 spiro atoms. The second-order valence-electron chi connectivity index (χ2n) is 6.97. The molecule has 1 aromatic heterocycles. The molecule has 0 radical (unpaired) electrons. The molecule has 0 aliphatic carbocycles. The molecule has 2 aliphatic heterocycles. The molecule has 0 saturated carbocycles. The van der Waals surface area contributed by atoms with Crippen LogP contribution in [-0.4, -0.2) is 80.1 Å². The molecule has 11 nitrogen and oxygen atoms in total. The Hall–Kier alpha value is -3.50. The van der Waals surface area contributed by atoms with Crippen LogP contribution in [0.25, 0.3) is 5.69 Å². The topological polar surface area (TPSA) is 125 Å². The predicted octanol–water partition coefficient (Wildman–Crippen LogP) is -0.466. The van der Waals surface area contributed by atoms with Crippen molar-refractivity contribution in [2.24, 2.45) is 0 Å². The van der Waals surface area contributed by atoms with Gasteiger partial charge in [-0.25, -0.2) is 4.79 Å². The highest BCUT2D eigenvalue weighted by atomic mass is 16.2. The molecule has 2 aromatic rings. The van der Waals surface area contributed by atoms with Gasteiger partial charge in [0, 0.05) is 19.3 Å². The lowest BCUT2D eigenvalue weighted by Gasteiger charge is -2.33. The number of carbonyl (C=O) groups is 3. The summed E-state index contributed by atoms with van der Waals surface area (Å²) in [6, 6.07) is 5.93. The minimum Gasteiger partial charge on any atom is -0.335 e. The van der Waals surface area contributed by atoms with Gasteiger partial charge < -0.3 is 20.4 Å². The fourth-order valence-corrected chi connectivity index (χ4v) is 3.59. The molecule has 11 heteroatoms. The first-order valence-electron chi connectivity index (χ1n) is 8.90. The van der Waals surface area contributed by atoms with E-state index in [-0.39, 0.29) is 30.4 Å². The molecule has 0 bridgehead atoms. The molecule has 4 rings (SSSR count). The van der Waals surface area contributed by atoms with Gasteiger partial charge in [-0.05, 0) is 48.0 Å². The Morgan fingerprint density at radius 1 is 1.21 bits per heavy atom. The summed E-state index contributed by atoms with van der Waals surface area (Å²) < 4.78 is 1.59. The maximum atomic E-state index is 12.3. The summed E-state index contributed by atoms with van der Waals surface area (Å²) in [6.45, 7) is 2.22. The number of nitrogens with one attached hydrogen (secondary N) is 2. The molecule has 28 heavy (non-hydrogen) atoms. The lowest BCUT2D eigenvalue weighted by molar-refractivity contribution is -0.152. The first kappa shape index (κ1) is 17.9. The second kappa shape index (κ2) is 6.91. The third-order valence-corrected chi connectivity index (χ3v) is 4.99. The van der Waals surface area contributed by atoms with Gasteiger partial charge in [0.2, 0.25) is 11.8 Å². The average Bonchev–Trinajstić information content (AvgIpc) is 3.27. The number of rotatable bonds is 3. The molecule has 4 amide bonds. The Kier molecular flexibility index (Phi) is 4.41. The second-order valence-corrected chi connectivity index (χ2v) is 6.97. The summed E-state index contributed by atoms with van der Waals surface area (Å²) >= 11 is 0. The molecular formula is C17H20N8O3. The standard InChI is InChI=1S/C17H20N8O3/c1-10-20-21-22-25(10)13-5-3-11(4-6-13)18-17(28)19-12-7-14-16(27)23(2)9-15(26)24(14)8-12/h3-6,12,14H,7-9H2,1-2H3,(H2,18,19,28)/t12-,14+/m1/s1. The third kappa shape index (κ3) is 3.26. The minimum atomic E-state index is -0.490. The molecular weight excluding hydrogens is 364 g/mol. The van der Waals surface area contributed by atoms with E-state index in [0.717, 1.165) is 5.69 Å². The third-order valence-electron chi connectivity index (χ3n) is 4.99. The number of hydrogen-bond acceptors (Lipinski definition) is 6. The highest BCUT2D eigenvalue weighted by Crippen LogP contribution is 2.23. The van der Waals surface area contributed by atoms with Crippen LogP contribution in [0, 0.1) is 6.92 Å². The van der Waals surface area contributed by atoms with E-state index < -0.39 is 6.04 Å². The monoisotopic (exact) mass is 384 g/mol. The molecule has 0 unspecified atom stereocenters. The number of aryl methyl sites for hydroxylation is 1. The summed E-state index contributed by atoms with van der Waals surface area (Å²) in [4.78, 5) is 39.6. The van der Waals surface area contributed by atoms with Crippen molar-refractivity contribution in [3.8, 4) is 5.69 Å². The van der Waals surface area contributed by atoms with Gasteiger partial charge in [-0.15, -0.1) is 5.10 Å². The van der Waals surface area contributed by atoms with Crippen molar-refractivity contribution in [3.63, 3.8) is 0 Å². The molecule has 146 valence electrons. The van der Waals surface area contributed by atoms with Gasteiger partial charge in [-0.1, -0.05) is 0 Å². The van der Waals surface area contributed by atoms with Crippen molar-refractivity contribution in [2.45, 2.75) is 25.4 Å². The molecule has 2 saturated heterocycles. The van der Waals surface area contributed by atoms with E-state index in [1.54, 1.807) is 47.8 Å². The van der Waals surface area contributed by atoms with Gasteiger partial charge in [0.15, 0.2) is 5.82 Å². The number of benzene rings is 1. The maximum Gasteiger partial charge on any atom is 0.319 e. The number of tetrazole rings is 1. The molecule has 3 heterocycles. The highest BCUT2D eigenvalue weighted by Gasteiger charge is 2.44. The number of hydrogen-bond donors (Lipinski definition) is 2. The number of aromatic nitrogens is 4. The van der Waals surface area contributed by atoms with Gasteiger partial charge >= 0.3 is 6.03 Å². The van der Waals surface area contributed by atoms with Crippen LogP contribution < -0.4 is 10.6 Å². The predicted molar refractivity (Wildman–Crippen MR) is 97.6 cm³/mol. The Bertz CT molecular complexity index is 925. The average molecular weight is 384 g/mol. The largest absolute Gasteiger partial charge is 0.335 e. The maximum absolute atomic E-state index is 12.3. The van der Waals surface area contributed by atoms with E-state index in [2.05, 4.69) is 26.2 Å². The number of carbonyl (C=O) groups excluding carboxylic acids is 3. The fourth-order valence-electron chi connectivity index (χ4n) is 3.59. The van der Waals surface area contributed by atoms with Crippen molar-refractivity contribution in [1.29, 1.82) is 0 Å². The van der Waals surface area contributed by atoms with E-state index in [1.807, 2.05) is 0 Å². The van der Waals surface area contributed by atoms with Crippen LogP contribution >= 0.6 is 0 Å². The lowest BCUT2D eigenvalue weighted by atomic mass is 10.1. The Morgan fingerprint density at radius 3 is 2.64 bits per heavy atom.